The minimum atomic E-state index is -3.12. The fraction of sp³-hybridized carbons (Fsp3) is 0.286. The van der Waals surface area contributed by atoms with Gasteiger partial charge < -0.3 is 5.32 Å². The van der Waals surface area contributed by atoms with Gasteiger partial charge in [-0.25, -0.2) is 17.2 Å². The Morgan fingerprint density at radius 1 is 1.19 bits per heavy atom. The van der Waals surface area contributed by atoms with Crippen LogP contribution in [0.25, 0.3) is 17.1 Å². The largest absolute Gasteiger partial charge is 0.351 e. The van der Waals surface area contributed by atoms with Crippen LogP contribution in [0, 0.1) is 11.6 Å². The first-order valence-corrected chi connectivity index (χ1v) is 12.6. The maximum atomic E-state index is 14.7. The molecule has 0 aliphatic carbocycles. The van der Waals surface area contributed by atoms with Crippen molar-refractivity contribution in [2.45, 2.75) is 29.8 Å². The lowest BCUT2D eigenvalue weighted by Crippen LogP contribution is -2.40. The normalized spacial score (nSPS) is 18.4. The third-order valence-corrected chi connectivity index (χ3v) is 7.86. The van der Waals surface area contributed by atoms with Crippen molar-refractivity contribution in [1.29, 1.82) is 0 Å². The van der Waals surface area contributed by atoms with Crippen molar-refractivity contribution < 1.29 is 22.0 Å². The van der Waals surface area contributed by atoms with Crippen LogP contribution in [0.1, 0.15) is 13.3 Å². The summed E-state index contributed by atoms with van der Waals surface area (Å²) in [6, 6.07) is 11.8. The summed E-state index contributed by atoms with van der Waals surface area (Å²) >= 11 is 1.05. The molecule has 3 aromatic rings. The molecule has 0 spiro atoms. The minimum absolute atomic E-state index is 0.0484. The summed E-state index contributed by atoms with van der Waals surface area (Å²) in [6.45, 7) is 1.64. The average Bonchev–Trinajstić information content (AvgIpc) is 3.31. The zero-order valence-corrected chi connectivity index (χ0v) is 18.7. The highest BCUT2D eigenvalue weighted by Crippen LogP contribution is 2.31. The van der Waals surface area contributed by atoms with Gasteiger partial charge in [-0.15, -0.1) is 10.2 Å². The molecule has 1 aliphatic heterocycles. The van der Waals surface area contributed by atoms with E-state index in [0.29, 0.717) is 17.8 Å². The van der Waals surface area contributed by atoms with Gasteiger partial charge in [0.2, 0.25) is 5.91 Å². The van der Waals surface area contributed by atoms with Crippen molar-refractivity contribution >= 4 is 27.5 Å². The predicted octanol–water partition coefficient (Wildman–Crippen LogP) is 3.00. The number of benzene rings is 2. The maximum Gasteiger partial charge on any atom is 0.233 e. The summed E-state index contributed by atoms with van der Waals surface area (Å²) in [5.41, 5.74) is 0.719. The fourth-order valence-electron chi connectivity index (χ4n) is 3.44. The summed E-state index contributed by atoms with van der Waals surface area (Å²) in [4.78, 5) is 12.6. The summed E-state index contributed by atoms with van der Waals surface area (Å²) in [5, 5.41) is 10.7. The molecule has 11 heteroatoms. The van der Waals surface area contributed by atoms with E-state index in [4.69, 9.17) is 0 Å². The molecule has 1 aromatic heterocycles. The molecule has 2 atom stereocenters. The quantitative estimate of drug-likeness (QED) is 0.548. The molecule has 4 rings (SSSR count). The van der Waals surface area contributed by atoms with E-state index < -0.39 is 32.8 Å². The van der Waals surface area contributed by atoms with E-state index in [9.17, 15) is 22.0 Å². The van der Waals surface area contributed by atoms with Crippen molar-refractivity contribution in [2.24, 2.45) is 0 Å². The van der Waals surface area contributed by atoms with Gasteiger partial charge in [0.05, 0.1) is 22.4 Å². The molecule has 2 unspecified atom stereocenters. The molecule has 0 radical (unpaired) electrons. The van der Waals surface area contributed by atoms with E-state index in [0.717, 1.165) is 23.9 Å². The maximum absolute atomic E-state index is 14.7. The van der Waals surface area contributed by atoms with Crippen LogP contribution < -0.4 is 5.32 Å². The van der Waals surface area contributed by atoms with E-state index in [1.165, 1.54) is 10.6 Å². The van der Waals surface area contributed by atoms with Crippen LogP contribution in [0.3, 0.4) is 0 Å². The van der Waals surface area contributed by atoms with Crippen molar-refractivity contribution in [2.75, 3.05) is 11.5 Å². The van der Waals surface area contributed by atoms with Crippen LogP contribution in [-0.4, -0.2) is 51.9 Å². The highest BCUT2D eigenvalue weighted by Gasteiger charge is 2.31. The zero-order chi connectivity index (χ0) is 22.9. The lowest BCUT2D eigenvalue weighted by molar-refractivity contribution is -0.120. The molecule has 2 aromatic carbocycles. The number of hydrogen-bond acceptors (Lipinski definition) is 6. The van der Waals surface area contributed by atoms with Gasteiger partial charge in [-0.3, -0.25) is 9.36 Å². The molecule has 2 heterocycles. The first-order valence-electron chi connectivity index (χ1n) is 9.87. The molecule has 7 nitrogen and oxygen atoms in total. The summed E-state index contributed by atoms with van der Waals surface area (Å²) in [5.74, 6) is -1.55. The number of carbonyl (C=O) groups is 1. The van der Waals surface area contributed by atoms with Crippen LogP contribution in [0.4, 0.5) is 8.78 Å². The molecule has 1 fully saturated rings. The monoisotopic (exact) mass is 478 g/mol. The lowest BCUT2D eigenvalue weighted by atomic mass is 10.2. The molecule has 1 amide bonds. The van der Waals surface area contributed by atoms with E-state index in [2.05, 4.69) is 15.5 Å². The Labute approximate surface area is 188 Å². The Kier molecular flexibility index (Phi) is 6.29. The van der Waals surface area contributed by atoms with Crippen molar-refractivity contribution in [3.63, 3.8) is 0 Å². The average molecular weight is 479 g/mol. The fourth-order valence-corrected chi connectivity index (χ4v) is 5.98. The van der Waals surface area contributed by atoms with Gasteiger partial charge in [0.25, 0.3) is 0 Å². The first-order chi connectivity index (χ1) is 15.2. The Balaban J connectivity index is 1.64. The van der Waals surface area contributed by atoms with E-state index >= 15 is 0 Å². The third-order valence-electron chi connectivity index (χ3n) is 5.05. The Morgan fingerprint density at radius 3 is 2.59 bits per heavy atom. The number of carbonyl (C=O) groups excluding carboxylic acids is 1. The summed E-state index contributed by atoms with van der Waals surface area (Å²) < 4.78 is 52.9. The number of nitrogens with one attached hydrogen (secondary N) is 1. The van der Waals surface area contributed by atoms with Crippen molar-refractivity contribution in [3.05, 3.63) is 60.2 Å². The van der Waals surface area contributed by atoms with Gasteiger partial charge in [0.15, 0.2) is 20.8 Å². The second-order valence-electron chi connectivity index (χ2n) is 7.47. The van der Waals surface area contributed by atoms with Crippen LogP contribution in [0.5, 0.6) is 0 Å². The number of halogens is 2. The molecule has 0 bridgehead atoms. The summed E-state index contributed by atoms with van der Waals surface area (Å²) in [7, 11) is -3.12. The van der Waals surface area contributed by atoms with Crippen LogP contribution in [0.15, 0.2) is 53.7 Å². The molecule has 0 saturated carbocycles. The second kappa shape index (κ2) is 8.99. The second-order valence-corrected chi connectivity index (χ2v) is 11.0. The number of nitrogens with zero attached hydrogens (tertiary/aromatic N) is 3. The minimum Gasteiger partial charge on any atom is -0.351 e. The van der Waals surface area contributed by atoms with Gasteiger partial charge in [0, 0.05) is 17.7 Å². The third kappa shape index (κ3) is 4.83. The van der Waals surface area contributed by atoms with Crippen LogP contribution in [-0.2, 0) is 14.6 Å². The topological polar surface area (TPSA) is 93.9 Å². The molecule has 1 aliphatic rings. The van der Waals surface area contributed by atoms with Crippen molar-refractivity contribution in [3.8, 4) is 17.1 Å². The standard InChI is InChI=1S/C21H20F2N4O3S2/c1-13(20(28)24-16-9-10-32(29,30)12-16)31-21-26-25-19(14-5-3-2-4-6-14)27(21)18-8-7-15(22)11-17(18)23/h2-8,11,13,16H,9-10,12H2,1H3,(H,24,28). The molecule has 168 valence electrons. The molecule has 32 heavy (non-hydrogen) atoms. The number of hydrogen-bond donors (Lipinski definition) is 1. The van der Waals surface area contributed by atoms with E-state index in [1.54, 1.807) is 31.2 Å². The molecular weight excluding hydrogens is 458 g/mol. The highest BCUT2D eigenvalue weighted by molar-refractivity contribution is 8.00. The van der Waals surface area contributed by atoms with Gasteiger partial charge in [0.1, 0.15) is 11.6 Å². The molecular formula is C21H20F2N4O3S2. The highest BCUT2D eigenvalue weighted by atomic mass is 32.2. The van der Waals surface area contributed by atoms with Crippen LogP contribution in [0.2, 0.25) is 0 Å². The molecule has 1 N–H and O–H groups in total. The Morgan fingerprint density at radius 2 is 1.94 bits per heavy atom. The number of sulfone groups is 1. The van der Waals surface area contributed by atoms with Gasteiger partial charge in [-0.05, 0) is 25.5 Å². The predicted molar refractivity (Wildman–Crippen MR) is 117 cm³/mol. The van der Waals surface area contributed by atoms with E-state index in [1.807, 2.05) is 6.07 Å². The number of rotatable bonds is 6. The smallest absolute Gasteiger partial charge is 0.233 e. The first kappa shape index (κ1) is 22.4. The number of amides is 1. The van der Waals surface area contributed by atoms with Gasteiger partial charge in [-0.2, -0.15) is 0 Å². The lowest BCUT2D eigenvalue weighted by Gasteiger charge is -2.16. The number of aromatic nitrogens is 3. The van der Waals surface area contributed by atoms with E-state index in [-0.39, 0.29) is 28.3 Å². The Hall–Kier alpha value is -2.79. The zero-order valence-electron chi connectivity index (χ0n) is 17.0. The summed E-state index contributed by atoms with van der Waals surface area (Å²) in [6.07, 6.45) is 0.376. The molecule has 1 saturated heterocycles. The van der Waals surface area contributed by atoms with Crippen LogP contribution >= 0.6 is 11.8 Å². The van der Waals surface area contributed by atoms with Crippen molar-refractivity contribution in [1.82, 2.24) is 20.1 Å². The van der Waals surface area contributed by atoms with Gasteiger partial charge in [-0.1, -0.05) is 42.1 Å². The number of thioether (sulfide) groups is 1. The van der Waals surface area contributed by atoms with Gasteiger partial charge >= 0.3 is 0 Å². The Bertz CT molecular complexity index is 1250. The SMILES string of the molecule is CC(Sc1nnc(-c2ccccc2)n1-c1ccc(F)cc1F)C(=O)NC1CCS(=O)(=O)C1.